The highest BCUT2D eigenvalue weighted by molar-refractivity contribution is 7.99. The van der Waals surface area contributed by atoms with Gasteiger partial charge in [-0.3, -0.25) is 9.47 Å². The maximum Gasteiger partial charge on any atom is 0.350 e. The molecule has 2 aliphatic rings. The van der Waals surface area contributed by atoms with Crippen molar-refractivity contribution >= 4 is 40.2 Å². The lowest BCUT2D eigenvalue weighted by Crippen LogP contribution is -2.57. The molecule has 2 aromatic rings. The summed E-state index contributed by atoms with van der Waals surface area (Å²) in [5.41, 5.74) is 1.15. The molecule has 0 aromatic carbocycles. The molecule has 2 atom stereocenters. The average molecular weight is 366 g/mol. The molecule has 24 heavy (non-hydrogen) atoms. The van der Waals surface area contributed by atoms with Crippen LogP contribution in [0.3, 0.4) is 0 Å². The summed E-state index contributed by atoms with van der Waals surface area (Å²) in [5, 5.41) is 1.59. The van der Waals surface area contributed by atoms with E-state index in [-0.39, 0.29) is 5.69 Å². The number of aromatic nitrogens is 3. The SMILES string of the molecule is Cc1nc2c3c(nc(=O)n2C)N2CC(C)N(C)CC2CSc3c1Cl. The summed E-state index contributed by atoms with van der Waals surface area (Å²) in [6, 6.07) is 0.713. The summed E-state index contributed by atoms with van der Waals surface area (Å²) in [5.74, 6) is 1.66. The predicted octanol–water partition coefficient (Wildman–Crippen LogP) is 1.90. The fraction of sp³-hybridized carbons (Fsp3) is 0.562. The Balaban J connectivity index is 2.05. The quantitative estimate of drug-likeness (QED) is 0.710. The normalized spacial score (nSPS) is 24.1. The largest absolute Gasteiger partial charge is 0.350 e. The number of piperazine rings is 1. The van der Waals surface area contributed by atoms with E-state index in [1.807, 2.05) is 6.92 Å². The van der Waals surface area contributed by atoms with Gasteiger partial charge in [-0.05, 0) is 20.9 Å². The molecule has 1 saturated heterocycles. The molecule has 4 heterocycles. The highest BCUT2D eigenvalue weighted by Gasteiger charge is 2.35. The van der Waals surface area contributed by atoms with Crippen LogP contribution in [-0.2, 0) is 7.05 Å². The number of nitrogens with zero attached hydrogens (tertiary/aromatic N) is 5. The molecular formula is C16H20ClN5OS. The molecule has 6 nitrogen and oxygen atoms in total. The number of pyridine rings is 1. The third-order valence-electron chi connectivity index (χ3n) is 5.12. The highest BCUT2D eigenvalue weighted by Crippen LogP contribution is 2.43. The number of anilines is 1. The van der Waals surface area contributed by atoms with Crippen LogP contribution < -0.4 is 10.6 Å². The Morgan fingerprint density at radius 2 is 2.00 bits per heavy atom. The summed E-state index contributed by atoms with van der Waals surface area (Å²) in [4.78, 5) is 27.1. The maximum atomic E-state index is 12.4. The van der Waals surface area contributed by atoms with Gasteiger partial charge < -0.3 is 4.90 Å². The van der Waals surface area contributed by atoms with Gasteiger partial charge in [0.15, 0.2) is 0 Å². The van der Waals surface area contributed by atoms with E-state index in [2.05, 4.69) is 33.7 Å². The Hall–Kier alpha value is -1.31. The Morgan fingerprint density at radius 3 is 2.75 bits per heavy atom. The van der Waals surface area contributed by atoms with Crippen molar-refractivity contribution < 1.29 is 0 Å². The molecule has 0 saturated carbocycles. The monoisotopic (exact) mass is 365 g/mol. The van der Waals surface area contributed by atoms with E-state index < -0.39 is 0 Å². The van der Waals surface area contributed by atoms with Crippen molar-refractivity contribution in [2.24, 2.45) is 7.05 Å². The number of halogens is 1. The van der Waals surface area contributed by atoms with E-state index in [4.69, 9.17) is 11.6 Å². The molecule has 0 N–H and O–H groups in total. The minimum Gasteiger partial charge on any atom is -0.349 e. The van der Waals surface area contributed by atoms with Gasteiger partial charge >= 0.3 is 5.69 Å². The van der Waals surface area contributed by atoms with E-state index in [0.29, 0.717) is 22.8 Å². The summed E-state index contributed by atoms with van der Waals surface area (Å²) < 4.78 is 1.52. The van der Waals surface area contributed by atoms with Crippen molar-refractivity contribution in [3.63, 3.8) is 0 Å². The number of likely N-dealkylation sites (N-methyl/N-ethyl adjacent to an activating group) is 1. The fourth-order valence-corrected chi connectivity index (χ4v) is 5.05. The van der Waals surface area contributed by atoms with Crippen molar-refractivity contribution in [2.45, 2.75) is 30.8 Å². The minimum atomic E-state index is -0.269. The van der Waals surface area contributed by atoms with Crippen LogP contribution in [-0.4, -0.2) is 57.4 Å². The average Bonchev–Trinajstić information content (AvgIpc) is 2.68. The summed E-state index contributed by atoms with van der Waals surface area (Å²) >= 11 is 8.32. The van der Waals surface area contributed by atoms with Crippen LogP contribution in [0.25, 0.3) is 11.0 Å². The van der Waals surface area contributed by atoms with Crippen molar-refractivity contribution in [2.75, 3.05) is 30.8 Å². The van der Waals surface area contributed by atoms with E-state index in [9.17, 15) is 4.79 Å². The molecule has 128 valence electrons. The van der Waals surface area contributed by atoms with Gasteiger partial charge in [0.1, 0.15) is 11.5 Å². The Kier molecular flexibility index (Phi) is 3.78. The molecule has 0 spiro atoms. The van der Waals surface area contributed by atoms with Crippen molar-refractivity contribution in [3.05, 3.63) is 21.2 Å². The molecule has 0 bridgehead atoms. The molecule has 8 heteroatoms. The lowest BCUT2D eigenvalue weighted by atomic mass is 10.1. The van der Waals surface area contributed by atoms with E-state index in [0.717, 1.165) is 40.6 Å². The fourth-order valence-electron chi connectivity index (χ4n) is 3.50. The van der Waals surface area contributed by atoms with Crippen LogP contribution in [0.15, 0.2) is 9.69 Å². The number of rotatable bonds is 0. The van der Waals surface area contributed by atoms with Gasteiger partial charge in [0, 0.05) is 36.8 Å². The van der Waals surface area contributed by atoms with Gasteiger partial charge in [0.05, 0.1) is 22.1 Å². The molecule has 4 rings (SSSR count). The molecule has 0 radical (unpaired) electrons. The van der Waals surface area contributed by atoms with E-state index in [1.54, 1.807) is 18.8 Å². The lowest BCUT2D eigenvalue weighted by Gasteiger charge is -2.43. The Morgan fingerprint density at radius 1 is 1.25 bits per heavy atom. The van der Waals surface area contributed by atoms with Crippen LogP contribution in [0.5, 0.6) is 0 Å². The van der Waals surface area contributed by atoms with Gasteiger partial charge in [0.2, 0.25) is 0 Å². The van der Waals surface area contributed by atoms with Gasteiger partial charge in [0.25, 0.3) is 0 Å². The minimum absolute atomic E-state index is 0.269. The first-order valence-corrected chi connectivity index (χ1v) is 9.41. The first-order valence-electron chi connectivity index (χ1n) is 8.05. The predicted molar refractivity (Wildman–Crippen MR) is 98.5 cm³/mol. The topological polar surface area (TPSA) is 54.3 Å². The zero-order chi connectivity index (χ0) is 17.2. The number of hydrogen-bond acceptors (Lipinski definition) is 6. The molecular weight excluding hydrogens is 346 g/mol. The Labute approximate surface area is 149 Å². The van der Waals surface area contributed by atoms with Crippen LogP contribution in [0.2, 0.25) is 5.02 Å². The standard InChI is InChI=1S/C16H20ClN5OS/c1-8-5-22-10(6-20(8)3)7-24-13-11-14(18-9(2)12(13)17)21(4)16(23)19-15(11)22/h8,10H,5-7H2,1-4H3. The first-order chi connectivity index (χ1) is 11.4. The van der Waals surface area contributed by atoms with Gasteiger partial charge in [-0.1, -0.05) is 11.6 Å². The van der Waals surface area contributed by atoms with Crippen molar-refractivity contribution in [1.82, 2.24) is 19.4 Å². The molecule has 2 aliphatic heterocycles. The maximum absolute atomic E-state index is 12.4. The zero-order valence-electron chi connectivity index (χ0n) is 14.2. The molecule has 2 unspecified atom stereocenters. The number of thioether (sulfide) groups is 1. The second kappa shape index (κ2) is 5.61. The third kappa shape index (κ3) is 2.25. The van der Waals surface area contributed by atoms with Crippen LogP contribution in [0.1, 0.15) is 12.6 Å². The summed E-state index contributed by atoms with van der Waals surface area (Å²) in [6.07, 6.45) is 0. The zero-order valence-corrected chi connectivity index (χ0v) is 15.8. The van der Waals surface area contributed by atoms with Gasteiger partial charge in [-0.25, -0.2) is 9.78 Å². The summed E-state index contributed by atoms with van der Waals surface area (Å²) in [7, 11) is 3.87. The van der Waals surface area contributed by atoms with E-state index in [1.165, 1.54) is 4.57 Å². The van der Waals surface area contributed by atoms with Crippen LogP contribution in [0.4, 0.5) is 5.82 Å². The van der Waals surface area contributed by atoms with Crippen LogP contribution >= 0.6 is 23.4 Å². The third-order valence-corrected chi connectivity index (χ3v) is 6.94. The number of aryl methyl sites for hydroxylation is 2. The Bertz CT molecular complexity index is 898. The molecule has 1 fully saturated rings. The molecule has 2 aromatic heterocycles. The summed E-state index contributed by atoms with van der Waals surface area (Å²) in [6.45, 7) is 5.89. The number of hydrogen-bond donors (Lipinski definition) is 0. The van der Waals surface area contributed by atoms with Crippen molar-refractivity contribution in [1.29, 1.82) is 0 Å². The smallest absolute Gasteiger partial charge is 0.349 e. The van der Waals surface area contributed by atoms with Gasteiger partial charge in [-0.2, -0.15) is 4.98 Å². The van der Waals surface area contributed by atoms with Gasteiger partial charge in [-0.15, -0.1) is 11.8 Å². The lowest BCUT2D eigenvalue weighted by molar-refractivity contribution is 0.207. The van der Waals surface area contributed by atoms with E-state index >= 15 is 0 Å². The van der Waals surface area contributed by atoms with Crippen molar-refractivity contribution in [3.8, 4) is 0 Å². The first kappa shape index (κ1) is 16.2. The second-order valence-corrected chi connectivity index (χ2v) is 8.13. The molecule has 0 amide bonds. The number of fused-ring (bicyclic) bond motifs is 2. The molecule has 0 aliphatic carbocycles. The van der Waals surface area contributed by atoms with Crippen LogP contribution in [0, 0.1) is 6.92 Å². The second-order valence-electron chi connectivity index (χ2n) is 6.72. The highest BCUT2D eigenvalue weighted by atomic mass is 35.5.